The summed E-state index contributed by atoms with van der Waals surface area (Å²) in [5, 5.41) is 14.7. The molecule has 1 aliphatic rings. The molecule has 1 aromatic carbocycles. The summed E-state index contributed by atoms with van der Waals surface area (Å²) in [7, 11) is 1.82. The molecule has 1 amide bonds. The van der Waals surface area contributed by atoms with E-state index in [1.54, 1.807) is 4.90 Å². The number of benzene rings is 1. The average Bonchev–Trinajstić information content (AvgIpc) is 3.13. The maximum absolute atomic E-state index is 12.7. The van der Waals surface area contributed by atoms with Crippen LogP contribution in [-0.2, 0) is 11.3 Å². The van der Waals surface area contributed by atoms with Gasteiger partial charge in [0.2, 0.25) is 5.91 Å². The van der Waals surface area contributed by atoms with Crippen molar-refractivity contribution < 1.29 is 9.90 Å². The quantitative estimate of drug-likeness (QED) is 0.930. The molecule has 0 radical (unpaired) electrons. The Morgan fingerprint density at radius 3 is 2.64 bits per heavy atom. The van der Waals surface area contributed by atoms with Crippen molar-refractivity contribution in [2.75, 3.05) is 7.05 Å². The number of carbonyl (C=O) groups is 1. The van der Waals surface area contributed by atoms with Gasteiger partial charge in [0.15, 0.2) is 0 Å². The highest BCUT2D eigenvalue weighted by Gasteiger charge is 2.33. The largest absolute Gasteiger partial charge is 0.392 e. The molecule has 5 nitrogen and oxygen atoms in total. The molecular formula is C20H27N3O2. The predicted octanol–water partition coefficient (Wildman–Crippen LogP) is 2.92. The normalized spacial score (nSPS) is 20.0. The topological polar surface area (TPSA) is 58.4 Å². The molecule has 0 saturated heterocycles. The molecule has 2 unspecified atom stereocenters. The molecule has 3 rings (SSSR count). The van der Waals surface area contributed by atoms with E-state index >= 15 is 0 Å². The summed E-state index contributed by atoms with van der Waals surface area (Å²) in [5.74, 6) is -0.218. The Bertz CT molecular complexity index is 781. The van der Waals surface area contributed by atoms with Crippen molar-refractivity contribution in [3.63, 3.8) is 0 Å². The highest BCUT2D eigenvalue weighted by molar-refractivity contribution is 5.79. The molecule has 0 spiro atoms. The first kappa shape index (κ1) is 17.7. The van der Waals surface area contributed by atoms with E-state index in [0.29, 0.717) is 6.54 Å². The lowest BCUT2D eigenvalue weighted by atomic mass is 10.0. The zero-order valence-electron chi connectivity index (χ0n) is 15.5. The van der Waals surface area contributed by atoms with Crippen molar-refractivity contribution in [2.24, 2.45) is 5.92 Å². The first-order valence-corrected chi connectivity index (χ1v) is 8.94. The molecular weight excluding hydrogens is 314 g/mol. The van der Waals surface area contributed by atoms with E-state index in [2.05, 4.69) is 19.1 Å². The molecule has 0 aliphatic heterocycles. The van der Waals surface area contributed by atoms with Crippen molar-refractivity contribution in [3.8, 4) is 5.69 Å². The summed E-state index contributed by atoms with van der Waals surface area (Å²) in [6.07, 6.45) is 1.94. The summed E-state index contributed by atoms with van der Waals surface area (Å²) in [4.78, 5) is 14.4. The van der Waals surface area contributed by atoms with Crippen LogP contribution in [0.25, 0.3) is 5.69 Å². The predicted molar refractivity (Wildman–Crippen MR) is 97.6 cm³/mol. The molecule has 1 aliphatic carbocycles. The van der Waals surface area contributed by atoms with Gasteiger partial charge in [-0.1, -0.05) is 18.2 Å². The zero-order chi connectivity index (χ0) is 18.1. The third-order valence-electron chi connectivity index (χ3n) is 5.35. The summed E-state index contributed by atoms with van der Waals surface area (Å²) < 4.78 is 1.96. The maximum atomic E-state index is 12.7. The molecule has 0 bridgehead atoms. The number of para-hydroxylation sites is 1. The molecule has 1 aromatic heterocycles. The van der Waals surface area contributed by atoms with Gasteiger partial charge in [-0.3, -0.25) is 4.79 Å². The van der Waals surface area contributed by atoms with Crippen molar-refractivity contribution in [1.82, 2.24) is 14.7 Å². The number of aryl methyl sites for hydroxylation is 2. The summed E-state index contributed by atoms with van der Waals surface area (Å²) in [6, 6.07) is 8.16. The lowest BCUT2D eigenvalue weighted by molar-refractivity contribution is -0.137. The minimum absolute atomic E-state index is 0.0347. The Morgan fingerprint density at radius 1 is 1.28 bits per heavy atom. The van der Waals surface area contributed by atoms with Crippen LogP contribution in [0, 0.1) is 26.7 Å². The summed E-state index contributed by atoms with van der Waals surface area (Å²) in [6.45, 7) is 6.62. The van der Waals surface area contributed by atoms with E-state index in [1.807, 2.05) is 37.7 Å². The molecule has 1 N–H and O–H groups in total. The smallest absolute Gasteiger partial charge is 0.228 e. The minimum Gasteiger partial charge on any atom is -0.392 e. The second-order valence-electron chi connectivity index (χ2n) is 7.15. The standard InChI is InChI=1S/C20H27N3O2/c1-13-8-5-6-10-18(13)23-15(3)17(14(2)21-23)12-22(4)20(25)16-9-7-11-19(16)24/h5-6,8,10,16,19,24H,7,9,11-12H2,1-4H3. The van der Waals surface area contributed by atoms with Crippen molar-refractivity contribution in [3.05, 3.63) is 46.8 Å². The molecule has 134 valence electrons. The fourth-order valence-electron chi connectivity index (χ4n) is 3.77. The van der Waals surface area contributed by atoms with Crippen LogP contribution in [0.1, 0.15) is 41.8 Å². The first-order chi connectivity index (χ1) is 11.9. The van der Waals surface area contributed by atoms with Crippen LogP contribution in [0.2, 0.25) is 0 Å². The third kappa shape index (κ3) is 3.33. The lowest BCUT2D eigenvalue weighted by Gasteiger charge is -2.23. The van der Waals surface area contributed by atoms with Gasteiger partial charge < -0.3 is 10.0 Å². The summed E-state index contributed by atoms with van der Waals surface area (Å²) >= 11 is 0. The zero-order valence-corrected chi connectivity index (χ0v) is 15.5. The fraction of sp³-hybridized carbons (Fsp3) is 0.500. The Morgan fingerprint density at radius 2 is 2.00 bits per heavy atom. The number of carbonyl (C=O) groups excluding carboxylic acids is 1. The monoisotopic (exact) mass is 341 g/mol. The van der Waals surface area contributed by atoms with Gasteiger partial charge in [-0.15, -0.1) is 0 Å². The van der Waals surface area contributed by atoms with Gasteiger partial charge in [0.25, 0.3) is 0 Å². The first-order valence-electron chi connectivity index (χ1n) is 8.94. The molecule has 25 heavy (non-hydrogen) atoms. The Kier molecular flexibility index (Phi) is 4.95. The van der Waals surface area contributed by atoms with E-state index in [0.717, 1.165) is 47.5 Å². The van der Waals surface area contributed by atoms with Gasteiger partial charge in [0.1, 0.15) is 0 Å². The van der Waals surface area contributed by atoms with E-state index in [1.165, 1.54) is 0 Å². The highest BCUT2D eigenvalue weighted by Crippen LogP contribution is 2.28. The number of amides is 1. The number of hydrogen-bond donors (Lipinski definition) is 1. The maximum Gasteiger partial charge on any atom is 0.228 e. The molecule has 2 aromatic rings. The highest BCUT2D eigenvalue weighted by atomic mass is 16.3. The molecule has 2 atom stereocenters. The number of rotatable bonds is 4. The lowest BCUT2D eigenvalue weighted by Crippen LogP contribution is -2.36. The van der Waals surface area contributed by atoms with Gasteiger partial charge in [-0.25, -0.2) is 4.68 Å². The van der Waals surface area contributed by atoms with E-state index < -0.39 is 6.10 Å². The van der Waals surface area contributed by atoms with Gasteiger partial charge in [-0.2, -0.15) is 5.10 Å². The van der Waals surface area contributed by atoms with Crippen molar-refractivity contribution in [2.45, 2.75) is 52.7 Å². The number of aliphatic hydroxyl groups excluding tert-OH is 1. The number of aliphatic hydroxyl groups is 1. The third-order valence-corrected chi connectivity index (χ3v) is 5.35. The number of aromatic nitrogens is 2. The Hall–Kier alpha value is -2.14. The van der Waals surface area contributed by atoms with Crippen LogP contribution in [-0.4, -0.2) is 38.8 Å². The minimum atomic E-state index is -0.494. The van der Waals surface area contributed by atoms with E-state index in [9.17, 15) is 9.90 Å². The number of nitrogens with zero attached hydrogens (tertiary/aromatic N) is 3. The van der Waals surface area contributed by atoms with E-state index in [4.69, 9.17) is 5.10 Å². The average molecular weight is 341 g/mol. The van der Waals surface area contributed by atoms with Crippen LogP contribution in [0.4, 0.5) is 0 Å². The SMILES string of the molecule is Cc1ccccc1-n1nc(C)c(CN(C)C(=O)C2CCCC2O)c1C. The molecule has 1 heterocycles. The van der Waals surface area contributed by atoms with Crippen molar-refractivity contribution >= 4 is 5.91 Å². The van der Waals surface area contributed by atoms with Gasteiger partial charge in [-0.05, 0) is 51.7 Å². The molecule has 1 saturated carbocycles. The van der Waals surface area contributed by atoms with Crippen LogP contribution >= 0.6 is 0 Å². The van der Waals surface area contributed by atoms with Crippen LogP contribution in [0.3, 0.4) is 0 Å². The number of hydrogen-bond acceptors (Lipinski definition) is 3. The van der Waals surface area contributed by atoms with Crippen molar-refractivity contribution in [1.29, 1.82) is 0 Å². The fourth-order valence-corrected chi connectivity index (χ4v) is 3.77. The van der Waals surface area contributed by atoms with Gasteiger partial charge in [0.05, 0.1) is 23.4 Å². The molecule has 1 fully saturated rings. The Labute approximate surface area is 149 Å². The Balaban J connectivity index is 1.84. The van der Waals surface area contributed by atoms with E-state index in [-0.39, 0.29) is 11.8 Å². The second-order valence-corrected chi connectivity index (χ2v) is 7.15. The summed E-state index contributed by atoms with van der Waals surface area (Å²) in [5.41, 5.74) is 5.30. The van der Waals surface area contributed by atoms with Crippen LogP contribution in [0.15, 0.2) is 24.3 Å². The second kappa shape index (κ2) is 7.00. The van der Waals surface area contributed by atoms with Gasteiger partial charge in [0, 0.05) is 24.8 Å². The van der Waals surface area contributed by atoms with Gasteiger partial charge >= 0.3 is 0 Å². The van der Waals surface area contributed by atoms with Crippen LogP contribution < -0.4 is 0 Å². The molecule has 5 heteroatoms. The van der Waals surface area contributed by atoms with Crippen LogP contribution in [0.5, 0.6) is 0 Å².